The molecule has 0 unspecified atom stereocenters. The second kappa shape index (κ2) is 8.52. The Morgan fingerprint density at radius 1 is 1.09 bits per heavy atom. The number of aryl methyl sites for hydroxylation is 1. The first kappa shape index (κ1) is 21.7. The van der Waals surface area contributed by atoms with E-state index in [2.05, 4.69) is 15.0 Å². The summed E-state index contributed by atoms with van der Waals surface area (Å²) >= 11 is 5.86. The smallest absolute Gasteiger partial charge is 0.265 e. The van der Waals surface area contributed by atoms with Crippen LogP contribution in [0.15, 0.2) is 71.9 Å². The van der Waals surface area contributed by atoms with Crippen LogP contribution in [0.5, 0.6) is 5.75 Å². The third-order valence-electron chi connectivity index (χ3n) is 4.79. The van der Waals surface area contributed by atoms with Gasteiger partial charge in [0, 0.05) is 41.2 Å². The molecule has 2 heterocycles. The molecule has 2 N–H and O–H groups in total. The molecular weight excluding hydrogens is 452 g/mol. The van der Waals surface area contributed by atoms with Crippen molar-refractivity contribution in [3.63, 3.8) is 0 Å². The van der Waals surface area contributed by atoms with Crippen molar-refractivity contribution in [3.8, 4) is 5.75 Å². The molecule has 2 aromatic heterocycles. The number of amides is 1. The van der Waals surface area contributed by atoms with Gasteiger partial charge in [0.25, 0.3) is 15.9 Å². The number of carbonyl (C=O) groups is 1. The second-order valence-corrected chi connectivity index (χ2v) is 9.05. The number of halogens is 1. The molecule has 0 aliphatic heterocycles. The van der Waals surface area contributed by atoms with Crippen molar-refractivity contribution in [1.29, 1.82) is 0 Å². The third kappa shape index (κ3) is 4.25. The Labute approximate surface area is 189 Å². The highest BCUT2D eigenvalue weighted by molar-refractivity contribution is 7.92. The number of rotatable bonds is 6. The van der Waals surface area contributed by atoms with Crippen LogP contribution in [0.1, 0.15) is 10.4 Å². The van der Waals surface area contributed by atoms with Crippen LogP contribution >= 0.6 is 11.6 Å². The number of fused-ring (bicyclic) bond motifs is 1. The zero-order valence-electron chi connectivity index (χ0n) is 17.2. The van der Waals surface area contributed by atoms with Crippen LogP contribution in [-0.4, -0.2) is 31.0 Å². The number of methoxy groups -OCH3 is 1. The van der Waals surface area contributed by atoms with Gasteiger partial charge in [-0.15, -0.1) is 0 Å². The van der Waals surface area contributed by atoms with E-state index in [1.165, 1.54) is 19.2 Å². The highest BCUT2D eigenvalue weighted by atomic mass is 35.5. The fourth-order valence-electron chi connectivity index (χ4n) is 3.28. The summed E-state index contributed by atoms with van der Waals surface area (Å²) in [7, 11) is -0.835. The number of ether oxygens (including phenoxy) is 1. The van der Waals surface area contributed by atoms with E-state index < -0.39 is 10.0 Å². The van der Waals surface area contributed by atoms with Gasteiger partial charge in [-0.25, -0.2) is 13.4 Å². The van der Waals surface area contributed by atoms with Gasteiger partial charge in [-0.1, -0.05) is 11.6 Å². The quantitative estimate of drug-likeness (QED) is 0.437. The van der Waals surface area contributed by atoms with Crippen molar-refractivity contribution in [2.24, 2.45) is 7.05 Å². The lowest BCUT2D eigenvalue weighted by atomic mass is 10.2. The van der Waals surface area contributed by atoms with Crippen LogP contribution < -0.4 is 14.8 Å². The molecule has 2 aromatic carbocycles. The average molecular weight is 471 g/mol. The number of carbonyl (C=O) groups excluding carboxylic acids is 1. The van der Waals surface area contributed by atoms with Crippen molar-refractivity contribution < 1.29 is 17.9 Å². The molecule has 32 heavy (non-hydrogen) atoms. The van der Waals surface area contributed by atoms with E-state index in [-0.39, 0.29) is 16.6 Å². The van der Waals surface area contributed by atoms with Crippen LogP contribution in [0.4, 0.5) is 11.4 Å². The summed E-state index contributed by atoms with van der Waals surface area (Å²) in [5.41, 5.74) is 1.74. The van der Waals surface area contributed by atoms with Gasteiger partial charge in [-0.2, -0.15) is 0 Å². The standard InChI is InChI=1S/C22H19ClN4O4S/c1-27-13-18(17-4-3-11-24-21(17)27)22(28)25-16-9-10-19(31-2)20(12-16)32(29,30)26-15-7-5-14(23)6-8-15/h3-13,26H,1-2H3,(H,25,28). The fourth-order valence-corrected chi connectivity index (χ4v) is 4.67. The molecule has 0 aliphatic carbocycles. The second-order valence-electron chi connectivity index (χ2n) is 6.96. The molecule has 1 amide bonds. The van der Waals surface area contributed by atoms with Crippen LogP contribution in [0.2, 0.25) is 5.02 Å². The Morgan fingerprint density at radius 2 is 1.81 bits per heavy atom. The number of hydrogen-bond donors (Lipinski definition) is 2. The molecule has 4 aromatic rings. The van der Waals surface area contributed by atoms with E-state index in [1.54, 1.807) is 66.5 Å². The topological polar surface area (TPSA) is 102 Å². The third-order valence-corrected chi connectivity index (χ3v) is 6.44. The number of pyridine rings is 1. The molecule has 0 saturated heterocycles. The van der Waals surface area contributed by atoms with E-state index in [9.17, 15) is 13.2 Å². The molecule has 164 valence electrons. The highest BCUT2D eigenvalue weighted by Crippen LogP contribution is 2.30. The summed E-state index contributed by atoms with van der Waals surface area (Å²) in [6, 6.07) is 14.2. The Morgan fingerprint density at radius 3 is 2.53 bits per heavy atom. The van der Waals surface area contributed by atoms with Gasteiger partial charge in [-0.3, -0.25) is 9.52 Å². The molecule has 8 nitrogen and oxygen atoms in total. The largest absolute Gasteiger partial charge is 0.495 e. The first-order valence-electron chi connectivity index (χ1n) is 9.46. The van der Waals surface area contributed by atoms with Crippen molar-refractivity contribution in [2.45, 2.75) is 4.90 Å². The first-order valence-corrected chi connectivity index (χ1v) is 11.3. The van der Waals surface area contributed by atoms with Crippen molar-refractivity contribution in [2.75, 3.05) is 17.1 Å². The van der Waals surface area contributed by atoms with Gasteiger partial charge < -0.3 is 14.6 Å². The molecule has 0 atom stereocenters. The van der Waals surface area contributed by atoms with Crippen LogP contribution in [0, 0.1) is 0 Å². The minimum absolute atomic E-state index is 0.118. The minimum atomic E-state index is -4.01. The molecule has 4 rings (SSSR count). The Balaban J connectivity index is 1.65. The van der Waals surface area contributed by atoms with Crippen molar-refractivity contribution >= 4 is 49.9 Å². The van der Waals surface area contributed by atoms with E-state index in [0.717, 1.165) is 0 Å². The van der Waals surface area contributed by atoms with Crippen molar-refractivity contribution in [3.05, 3.63) is 77.6 Å². The summed E-state index contributed by atoms with van der Waals surface area (Å²) in [6.45, 7) is 0. The minimum Gasteiger partial charge on any atom is -0.495 e. The Hall–Kier alpha value is -3.56. The maximum absolute atomic E-state index is 13.0. The van der Waals surface area contributed by atoms with E-state index >= 15 is 0 Å². The SMILES string of the molecule is COc1ccc(NC(=O)c2cn(C)c3ncccc23)cc1S(=O)(=O)Nc1ccc(Cl)cc1. The highest BCUT2D eigenvalue weighted by Gasteiger charge is 2.22. The lowest BCUT2D eigenvalue weighted by Crippen LogP contribution is -2.16. The number of aromatic nitrogens is 2. The number of sulfonamides is 1. The van der Waals surface area contributed by atoms with Crippen LogP contribution in [-0.2, 0) is 17.1 Å². The molecule has 0 bridgehead atoms. The van der Waals surface area contributed by atoms with Gasteiger partial charge in [0.15, 0.2) is 0 Å². The van der Waals surface area contributed by atoms with Crippen molar-refractivity contribution in [1.82, 2.24) is 9.55 Å². The molecule has 0 fully saturated rings. The monoisotopic (exact) mass is 470 g/mol. The Kier molecular flexibility index (Phi) is 5.77. The summed E-state index contributed by atoms with van der Waals surface area (Å²) in [4.78, 5) is 17.1. The van der Waals surface area contributed by atoms with Gasteiger partial charge in [0.1, 0.15) is 16.3 Å². The number of nitrogens with one attached hydrogen (secondary N) is 2. The van der Waals surface area contributed by atoms with Gasteiger partial charge >= 0.3 is 0 Å². The molecule has 10 heteroatoms. The normalized spacial score (nSPS) is 11.3. The van der Waals surface area contributed by atoms with Crippen LogP contribution in [0.25, 0.3) is 11.0 Å². The summed E-state index contributed by atoms with van der Waals surface area (Å²) in [5, 5.41) is 3.93. The van der Waals surface area contributed by atoms with E-state index in [1.807, 2.05) is 0 Å². The lowest BCUT2D eigenvalue weighted by molar-refractivity contribution is 0.102. The first-order chi connectivity index (χ1) is 15.3. The number of nitrogens with zero attached hydrogens (tertiary/aromatic N) is 2. The molecule has 0 spiro atoms. The maximum Gasteiger partial charge on any atom is 0.265 e. The zero-order valence-corrected chi connectivity index (χ0v) is 18.7. The van der Waals surface area contributed by atoms with E-state index in [4.69, 9.17) is 16.3 Å². The summed E-state index contributed by atoms with van der Waals surface area (Å²) in [5.74, 6) is -0.249. The molecule has 0 aliphatic rings. The Bertz CT molecular complexity index is 1420. The lowest BCUT2D eigenvalue weighted by Gasteiger charge is -2.14. The van der Waals surface area contributed by atoms with Gasteiger partial charge in [0.2, 0.25) is 0 Å². The van der Waals surface area contributed by atoms with Gasteiger partial charge in [0.05, 0.1) is 12.7 Å². The summed E-state index contributed by atoms with van der Waals surface area (Å²) in [6.07, 6.45) is 3.33. The zero-order chi connectivity index (χ0) is 22.9. The molecular formula is C22H19ClN4O4S. The molecule has 0 radical (unpaired) electrons. The molecule has 0 saturated carbocycles. The number of anilines is 2. The predicted octanol–water partition coefficient (Wildman–Crippen LogP) is 4.29. The number of hydrogen-bond acceptors (Lipinski definition) is 5. The van der Waals surface area contributed by atoms with Crippen LogP contribution in [0.3, 0.4) is 0 Å². The predicted molar refractivity (Wildman–Crippen MR) is 124 cm³/mol. The van der Waals surface area contributed by atoms with E-state index in [0.29, 0.717) is 33.0 Å². The average Bonchev–Trinajstić information content (AvgIpc) is 3.12. The fraction of sp³-hybridized carbons (Fsp3) is 0.0909. The maximum atomic E-state index is 13.0. The number of benzene rings is 2. The van der Waals surface area contributed by atoms with Gasteiger partial charge in [-0.05, 0) is 54.6 Å². The summed E-state index contributed by atoms with van der Waals surface area (Å²) < 4.78 is 35.5.